The Balaban J connectivity index is 1.16. The predicted octanol–water partition coefficient (Wildman–Crippen LogP) is 5.04. The fourth-order valence-corrected chi connectivity index (χ4v) is 5.31. The largest absolute Gasteiger partial charge is 0.454 e. The van der Waals surface area contributed by atoms with Gasteiger partial charge in [0, 0.05) is 68.2 Å². The zero-order valence-electron chi connectivity index (χ0n) is 20.3. The number of piperazine rings is 1. The van der Waals surface area contributed by atoms with Gasteiger partial charge in [0.1, 0.15) is 11.6 Å². The summed E-state index contributed by atoms with van der Waals surface area (Å²) in [4.78, 5) is 20.8. The molecule has 4 aromatic rings. The van der Waals surface area contributed by atoms with E-state index >= 15 is 0 Å². The summed E-state index contributed by atoms with van der Waals surface area (Å²) in [6.07, 6.45) is 1.93. The fraction of sp³-hybridized carbons (Fsp3) is 0.276. The van der Waals surface area contributed by atoms with Gasteiger partial charge in [-0.15, -0.1) is 0 Å². The van der Waals surface area contributed by atoms with Crippen LogP contribution in [-0.2, 0) is 11.3 Å². The van der Waals surface area contributed by atoms with Crippen LogP contribution in [0.2, 0.25) is 0 Å². The van der Waals surface area contributed by atoms with Crippen molar-refractivity contribution >= 4 is 16.8 Å². The molecule has 0 aliphatic carbocycles. The smallest absolute Gasteiger partial charge is 0.231 e. The highest BCUT2D eigenvalue weighted by atomic mass is 19.1. The molecular weight excluding hydrogens is 476 g/mol. The normalized spacial score (nSPS) is 16.3. The van der Waals surface area contributed by atoms with Crippen LogP contribution < -0.4 is 9.47 Å². The lowest BCUT2D eigenvalue weighted by atomic mass is 9.87. The van der Waals surface area contributed by atoms with Crippen molar-refractivity contribution in [2.24, 2.45) is 0 Å². The summed E-state index contributed by atoms with van der Waals surface area (Å²) in [5.74, 6) is -0.317. The summed E-state index contributed by atoms with van der Waals surface area (Å²) < 4.78 is 39.5. The number of aromatic amines is 1. The summed E-state index contributed by atoms with van der Waals surface area (Å²) in [6.45, 7) is 3.68. The molecule has 0 radical (unpaired) electrons. The lowest BCUT2D eigenvalue weighted by Crippen LogP contribution is -2.48. The molecule has 0 bridgehead atoms. The van der Waals surface area contributed by atoms with Crippen molar-refractivity contribution in [1.82, 2.24) is 14.8 Å². The first-order chi connectivity index (χ1) is 18.0. The van der Waals surface area contributed by atoms with Gasteiger partial charge in [0.2, 0.25) is 12.7 Å². The van der Waals surface area contributed by atoms with Crippen LogP contribution in [0.3, 0.4) is 0 Å². The van der Waals surface area contributed by atoms with Gasteiger partial charge in [-0.05, 0) is 41.0 Å². The Morgan fingerprint density at radius 2 is 1.73 bits per heavy atom. The molecule has 1 unspecified atom stereocenters. The molecule has 2 aliphatic heterocycles. The molecule has 1 atom stereocenters. The van der Waals surface area contributed by atoms with Crippen LogP contribution in [0, 0.1) is 11.6 Å². The summed E-state index contributed by atoms with van der Waals surface area (Å²) in [5.41, 5.74) is 3.20. The van der Waals surface area contributed by atoms with Crippen molar-refractivity contribution in [3.8, 4) is 11.5 Å². The number of aromatic nitrogens is 1. The number of nitrogens with one attached hydrogen (secondary N) is 1. The van der Waals surface area contributed by atoms with Crippen LogP contribution in [-0.4, -0.2) is 53.7 Å². The van der Waals surface area contributed by atoms with Gasteiger partial charge in [0.25, 0.3) is 0 Å². The third-order valence-electron chi connectivity index (χ3n) is 7.28. The number of ether oxygens (including phenoxy) is 2. The first kappa shape index (κ1) is 23.5. The van der Waals surface area contributed by atoms with E-state index in [0.717, 1.165) is 59.2 Å². The molecule has 1 N–H and O–H groups in total. The van der Waals surface area contributed by atoms with Gasteiger partial charge in [-0.3, -0.25) is 9.69 Å². The van der Waals surface area contributed by atoms with E-state index in [1.807, 2.05) is 53.6 Å². The number of nitrogens with zero attached hydrogens (tertiary/aromatic N) is 2. The molecule has 0 spiro atoms. The summed E-state index contributed by atoms with van der Waals surface area (Å²) in [5, 5.41) is 0.928. The Labute approximate surface area is 213 Å². The number of carbonyl (C=O) groups is 1. The minimum absolute atomic E-state index is 0.0401. The van der Waals surface area contributed by atoms with E-state index in [1.165, 1.54) is 12.1 Å². The van der Waals surface area contributed by atoms with E-state index in [0.29, 0.717) is 18.7 Å². The standard InChI is InChI=1S/C29H27F2N3O3/c30-20-6-7-21(25(31)14-20)23(24-16-32-26-4-2-1-3-22(24)26)15-29(35)34-11-9-33(10-12-34)17-19-5-8-27-28(13-19)37-18-36-27/h1-8,13-14,16,23,32H,9-12,15,17-18H2. The van der Waals surface area contributed by atoms with Crippen molar-refractivity contribution in [3.05, 3.63) is 95.2 Å². The van der Waals surface area contributed by atoms with Crippen LogP contribution in [0.5, 0.6) is 11.5 Å². The number of hydrogen-bond donors (Lipinski definition) is 1. The lowest BCUT2D eigenvalue weighted by molar-refractivity contribution is -0.133. The Morgan fingerprint density at radius 3 is 2.57 bits per heavy atom. The number of halogens is 2. The molecule has 37 heavy (non-hydrogen) atoms. The van der Waals surface area contributed by atoms with Crippen molar-refractivity contribution < 1.29 is 23.0 Å². The second kappa shape index (κ2) is 9.86. The van der Waals surface area contributed by atoms with Crippen molar-refractivity contribution in [1.29, 1.82) is 0 Å². The molecule has 3 aromatic carbocycles. The van der Waals surface area contributed by atoms with E-state index in [2.05, 4.69) is 9.88 Å². The van der Waals surface area contributed by atoms with Crippen molar-refractivity contribution in [2.45, 2.75) is 18.9 Å². The average molecular weight is 504 g/mol. The van der Waals surface area contributed by atoms with Gasteiger partial charge >= 0.3 is 0 Å². The number of para-hydroxylation sites is 1. The van der Waals surface area contributed by atoms with Crippen LogP contribution in [0.1, 0.15) is 29.0 Å². The molecule has 190 valence electrons. The van der Waals surface area contributed by atoms with E-state index in [1.54, 1.807) is 0 Å². The SMILES string of the molecule is O=C(CC(c1ccc(F)cc1F)c1c[nH]c2ccccc12)N1CCN(Cc2ccc3c(c2)OCO3)CC1. The molecule has 1 fully saturated rings. The number of rotatable bonds is 6. The molecule has 6 nitrogen and oxygen atoms in total. The van der Waals surface area contributed by atoms with Gasteiger partial charge in [0.15, 0.2) is 11.5 Å². The number of amides is 1. The highest BCUT2D eigenvalue weighted by Crippen LogP contribution is 2.36. The molecule has 8 heteroatoms. The molecule has 1 amide bonds. The number of benzene rings is 3. The molecule has 3 heterocycles. The Kier molecular flexibility index (Phi) is 6.26. The fourth-order valence-electron chi connectivity index (χ4n) is 5.31. The molecule has 1 saturated heterocycles. The first-order valence-corrected chi connectivity index (χ1v) is 12.4. The maximum absolute atomic E-state index is 14.9. The van der Waals surface area contributed by atoms with Gasteiger partial charge < -0.3 is 19.4 Å². The molecule has 0 saturated carbocycles. The Morgan fingerprint density at radius 1 is 0.919 bits per heavy atom. The van der Waals surface area contributed by atoms with E-state index in [-0.39, 0.29) is 19.1 Å². The minimum Gasteiger partial charge on any atom is -0.454 e. The number of carbonyl (C=O) groups excluding carboxylic acids is 1. The number of H-pyrrole nitrogens is 1. The second-order valence-corrected chi connectivity index (χ2v) is 9.56. The summed E-state index contributed by atoms with van der Waals surface area (Å²) in [6, 6.07) is 17.3. The zero-order valence-corrected chi connectivity index (χ0v) is 20.3. The van der Waals surface area contributed by atoms with E-state index in [9.17, 15) is 13.6 Å². The predicted molar refractivity (Wildman–Crippen MR) is 136 cm³/mol. The van der Waals surface area contributed by atoms with Crippen LogP contribution in [0.15, 0.2) is 66.9 Å². The summed E-state index contributed by atoms with van der Waals surface area (Å²) in [7, 11) is 0. The van der Waals surface area contributed by atoms with Crippen LogP contribution in [0.25, 0.3) is 10.9 Å². The maximum Gasteiger partial charge on any atom is 0.231 e. The van der Waals surface area contributed by atoms with Gasteiger partial charge in [-0.2, -0.15) is 0 Å². The number of hydrogen-bond acceptors (Lipinski definition) is 4. The minimum atomic E-state index is -0.642. The molecular formula is C29H27F2N3O3. The van der Waals surface area contributed by atoms with Crippen molar-refractivity contribution in [3.63, 3.8) is 0 Å². The van der Waals surface area contributed by atoms with Gasteiger partial charge in [-0.1, -0.05) is 30.3 Å². The van der Waals surface area contributed by atoms with Gasteiger partial charge in [0.05, 0.1) is 0 Å². The highest BCUT2D eigenvalue weighted by Gasteiger charge is 2.28. The number of fused-ring (bicyclic) bond motifs is 2. The first-order valence-electron chi connectivity index (χ1n) is 12.4. The monoisotopic (exact) mass is 503 g/mol. The molecule has 2 aliphatic rings. The second-order valence-electron chi connectivity index (χ2n) is 9.56. The van der Waals surface area contributed by atoms with Gasteiger partial charge in [-0.25, -0.2) is 8.78 Å². The summed E-state index contributed by atoms with van der Waals surface area (Å²) >= 11 is 0. The molecule has 1 aromatic heterocycles. The Hall–Kier alpha value is -3.91. The zero-order chi connectivity index (χ0) is 25.4. The lowest BCUT2D eigenvalue weighted by Gasteiger charge is -2.35. The quantitative estimate of drug-likeness (QED) is 0.401. The van der Waals surface area contributed by atoms with E-state index in [4.69, 9.17) is 9.47 Å². The Bertz CT molecular complexity index is 1450. The van der Waals surface area contributed by atoms with Crippen LogP contribution in [0.4, 0.5) is 8.78 Å². The van der Waals surface area contributed by atoms with E-state index < -0.39 is 17.6 Å². The molecule has 6 rings (SSSR count). The van der Waals surface area contributed by atoms with Crippen molar-refractivity contribution in [2.75, 3.05) is 33.0 Å². The third-order valence-corrected chi connectivity index (χ3v) is 7.28. The highest BCUT2D eigenvalue weighted by molar-refractivity contribution is 5.86. The average Bonchev–Trinajstić information content (AvgIpc) is 3.55. The van der Waals surface area contributed by atoms with Crippen LogP contribution >= 0.6 is 0 Å². The topological polar surface area (TPSA) is 57.8 Å². The maximum atomic E-state index is 14.9. The third kappa shape index (κ3) is 4.76.